The molecule has 1 heterocycles. The molecular weight excluding hydrogens is 422 g/mol. The SMILES string of the molecule is C[C@H](NC(=O)c1cccc(S(=O)(=O)Nc2ccccc2)c1)c1ccc(N2CCCC2)cc1. The monoisotopic (exact) mass is 449 g/mol. The second-order valence-electron chi connectivity index (χ2n) is 7.98. The lowest BCUT2D eigenvalue weighted by molar-refractivity contribution is 0.0939. The van der Waals surface area contributed by atoms with Crippen molar-refractivity contribution in [2.75, 3.05) is 22.7 Å². The van der Waals surface area contributed by atoms with Crippen LogP contribution in [0.1, 0.15) is 41.7 Å². The average molecular weight is 450 g/mol. The predicted molar refractivity (Wildman–Crippen MR) is 127 cm³/mol. The molecule has 0 radical (unpaired) electrons. The highest BCUT2D eigenvalue weighted by Crippen LogP contribution is 2.23. The molecule has 166 valence electrons. The number of carbonyl (C=O) groups is 1. The van der Waals surface area contributed by atoms with Crippen LogP contribution in [0.4, 0.5) is 11.4 Å². The van der Waals surface area contributed by atoms with Gasteiger partial charge in [-0.05, 0) is 67.8 Å². The predicted octanol–water partition coefficient (Wildman–Crippen LogP) is 4.58. The average Bonchev–Trinajstić information content (AvgIpc) is 3.35. The van der Waals surface area contributed by atoms with E-state index >= 15 is 0 Å². The lowest BCUT2D eigenvalue weighted by Gasteiger charge is -2.19. The minimum atomic E-state index is -3.80. The van der Waals surface area contributed by atoms with Crippen molar-refractivity contribution in [3.05, 3.63) is 90.0 Å². The lowest BCUT2D eigenvalue weighted by atomic mass is 10.1. The molecular formula is C25H27N3O3S. The Morgan fingerprint density at radius 3 is 2.28 bits per heavy atom. The van der Waals surface area contributed by atoms with E-state index in [1.807, 2.05) is 25.1 Å². The van der Waals surface area contributed by atoms with Crippen LogP contribution >= 0.6 is 0 Å². The van der Waals surface area contributed by atoms with Gasteiger partial charge in [0.15, 0.2) is 0 Å². The molecule has 3 aromatic rings. The second kappa shape index (κ2) is 9.44. The Labute approximate surface area is 189 Å². The van der Waals surface area contributed by atoms with E-state index in [9.17, 15) is 13.2 Å². The van der Waals surface area contributed by atoms with Gasteiger partial charge in [0.05, 0.1) is 10.9 Å². The van der Waals surface area contributed by atoms with Crippen LogP contribution in [-0.4, -0.2) is 27.4 Å². The quantitative estimate of drug-likeness (QED) is 0.554. The van der Waals surface area contributed by atoms with E-state index in [-0.39, 0.29) is 16.8 Å². The first kappa shape index (κ1) is 21.9. The molecule has 0 saturated carbocycles. The largest absolute Gasteiger partial charge is 0.372 e. The number of anilines is 2. The van der Waals surface area contributed by atoms with E-state index in [2.05, 4.69) is 27.1 Å². The van der Waals surface area contributed by atoms with E-state index < -0.39 is 10.0 Å². The van der Waals surface area contributed by atoms with Gasteiger partial charge in [0.2, 0.25) is 0 Å². The molecule has 1 aliphatic rings. The van der Waals surface area contributed by atoms with Crippen molar-refractivity contribution in [2.24, 2.45) is 0 Å². The summed E-state index contributed by atoms with van der Waals surface area (Å²) in [5.74, 6) is -0.321. The zero-order valence-corrected chi connectivity index (χ0v) is 18.8. The third-order valence-corrected chi connectivity index (χ3v) is 7.02. The number of benzene rings is 3. The molecule has 0 bridgehead atoms. The van der Waals surface area contributed by atoms with Crippen molar-refractivity contribution in [1.29, 1.82) is 0 Å². The van der Waals surface area contributed by atoms with Crippen LogP contribution < -0.4 is 14.9 Å². The van der Waals surface area contributed by atoms with Gasteiger partial charge < -0.3 is 10.2 Å². The van der Waals surface area contributed by atoms with Crippen molar-refractivity contribution in [1.82, 2.24) is 5.32 Å². The first-order valence-electron chi connectivity index (χ1n) is 10.8. The first-order chi connectivity index (χ1) is 15.4. The number of nitrogens with zero attached hydrogens (tertiary/aromatic N) is 1. The van der Waals surface area contributed by atoms with Crippen molar-refractivity contribution in [3.63, 3.8) is 0 Å². The van der Waals surface area contributed by atoms with E-state index in [0.29, 0.717) is 11.3 Å². The van der Waals surface area contributed by atoms with Gasteiger partial charge in [0.1, 0.15) is 0 Å². The van der Waals surface area contributed by atoms with Gasteiger partial charge in [0.25, 0.3) is 15.9 Å². The molecule has 4 rings (SSSR count). The molecule has 1 aliphatic heterocycles. The Bertz CT molecular complexity index is 1170. The van der Waals surface area contributed by atoms with Crippen LogP contribution in [0.25, 0.3) is 0 Å². The standard InChI is InChI=1S/C25H27N3O3S/c1-19(20-12-14-23(15-13-20)28-16-5-6-17-28)26-25(29)21-8-7-11-24(18-21)32(30,31)27-22-9-3-2-4-10-22/h2-4,7-15,18-19,27H,5-6,16-17H2,1H3,(H,26,29)/t19-/m0/s1. The maximum Gasteiger partial charge on any atom is 0.261 e. The van der Waals surface area contributed by atoms with E-state index in [1.54, 1.807) is 36.4 Å². The number of amides is 1. The zero-order valence-electron chi connectivity index (χ0n) is 18.0. The summed E-state index contributed by atoms with van der Waals surface area (Å²) in [7, 11) is -3.80. The minimum absolute atomic E-state index is 0.0385. The smallest absolute Gasteiger partial charge is 0.261 e. The van der Waals surface area contributed by atoms with Gasteiger partial charge in [-0.25, -0.2) is 8.42 Å². The number of para-hydroxylation sites is 1. The van der Waals surface area contributed by atoms with Crippen molar-refractivity contribution in [3.8, 4) is 0 Å². The highest BCUT2D eigenvalue weighted by atomic mass is 32.2. The lowest BCUT2D eigenvalue weighted by Crippen LogP contribution is -2.27. The van der Waals surface area contributed by atoms with Gasteiger partial charge in [-0.15, -0.1) is 0 Å². The zero-order chi connectivity index (χ0) is 22.6. The minimum Gasteiger partial charge on any atom is -0.372 e. The Morgan fingerprint density at radius 1 is 0.906 bits per heavy atom. The van der Waals surface area contributed by atoms with E-state index in [0.717, 1.165) is 18.7 Å². The summed E-state index contributed by atoms with van der Waals surface area (Å²) in [6.45, 7) is 4.09. The van der Waals surface area contributed by atoms with Crippen LogP contribution in [0.5, 0.6) is 0 Å². The molecule has 3 aromatic carbocycles. The number of sulfonamides is 1. The van der Waals surface area contributed by atoms with Crippen LogP contribution in [0.15, 0.2) is 83.8 Å². The summed E-state index contributed by atoms with van der Waals surface area (Å²) in [6.07, 6.45) is 2.45. The highest BCUT2D eigenvalue weighted by molar-refractivity contribution is 7.92. The summed E-state index contributed by atoms with van der Waals surface area (Å²) in [4.78, 5) is 15.2. The topological polar surface area (TPSA) is 78.5 Å². The molecule has 0 spiro atoms. The number of carbonyl (C=O) groups excluding carboxylic acids is 1. The fourth-order valence-corrected chi connectivity index (χ4v) is 4.94. The van der Waals surface area contributed by atoms with Crippen LogP contribution in [0.2, 0.25) is 0 Å². The number of nitrogens with one attached hydrogen (secondary N) is 2. The fraction of sp³-hybridized carbons (Fsp3) is 0.240. The Balaban J connectivity index is 1.44. The van der Waals surface area contributed by atoms with Crippen LogP contribution in [-0.2, 0) is 10.0 Å². The molecule has 1 saturated heterocycles. The number of hydrogen-bond donors (Lipinski definition) is 2. The summed E-state index contributed by atoms with van der Waals surface area (Å²) < 4.78 is 28.0. The molecule has 1 fully saturated rings. The van der Waals surface area contributed by atoms with Gasteiger partial charge >= 0.3 is 0 Å². The first-order valence-corrected chi connectivity index (χ1v) is 12.2. The molecule has 2 N–H and O–H groups in total. The van der Waals surface area contributed by atoms with Gasteiger partial charge in [0, 0.05) is 30.0 Å². The molecule has 7 heteroatoms. The van der Waals surface area contributed by atoms with Crippen LogP contribution in [0.3, 0.4) is 0 Å². The molecule has 32 heavy (non-hydrogen) atoms. The second-order valence-corrected chi connectivity index (χ2v) is 9.66. The summed E-state index contributed by atoms with van der Waals surface area (Å²) in [6, 6.07) is 22.7. The van der Waals surface area contributed by atoms with Crippen LogP contribution in [0, 0.1) is 0 Å². The van der Waals surface area contributed by atoms with Gasteiger partial charge in [-0.3, -0.25) is 9.52 Å². The summed E-state index contributed by atoms with van der Waals surface area (Å²) >= 11 is 0. The molecule has 0 unspecified atom stereocenters. The maximum absolute atomic E-state index is 12.8. The number of hydrogen-bond acceptors (Lipinski definition) is 4. The van der Waals surface area contributed by atoms with E-state index in [4.69, 9.17) is 0 Å². The summed E-state index contributed by atoms with van der Waals surface area (Å²) in [5, 5.41) is 2.96. The number of rotatable bonds is 7. The molecule has 6 nitrogen and oxygen atoms in total. The molecule has 0 aliphatic carbocycles. The van der Waals surface area contributed by atoms with Gasteiger partial charge in [-0.2, -0.15) is 0 Å². The third-order valence-electron chi connectivity index (χ3n) is 5.64. The van der Waals surface area contributed by atoms with Crippen molar-refractivity contribution >= 4 is 27.3 Å². The molecule has 1 amide bonds. The van der Waals surface area contributed by atoms with Gasteiger partial charge in [-0.1, -0.05) is 36.4 Å². The summed E-state index contributed by atoms with van der Waals surface area (Å²) in [5.41, 5.74) is 2.96. The van der Waals surface area contributed by atoms with Crippen molar-refractivity contribution < 1.29 is 13.2 Å². The Hall–Kier alpha value is -3.32. The van der Waals surface area contributed by atoms with E-state index in [1.165, 1.54) is 30.7 Å². The third kappa shape index (κ3) is 5.11. The fourth-order valence-electron chi connectivity index (χ4n) is 3.84. The maximum atomic E-state index is 12.8. The highest BCUT2D eigenvalue weighted by Gasteiger charge is 2.18. The Morgan fingerprint density at radius 2 is 1.59 bits per heavy atom. The van der Waals surface area contributed by atoms with Crippen molar-refractivity contribution in [2.45, 2.75) is 30.7 Å². The molecule has 0 aromatic heterocycles. The Kier molecular flexibility index (Phi) is 6.46. The molecule has 1 atom stereocenters. The normalized spacial score (nSPS) is 14.7.